The summed E-state index contributed by atoms with van der Waals surface area (Å²) in [6, 6.07) is 16.5. The van der Waals surface area contributed by atoms with Crippen molar-refractivity contribution in [2.24, 2.45) is 0 Å². The Morgan fingerprint density at radius 1 is 1.11 bits per heavy atom. The normalized spacial score (nSPS) is 15.7. The summed E-state index contributed by atoms with van der Waals surface area (Å²) in [5.74, 6) is 1.83. The van der Waals surface area contributed by atoms with Gasteiger partial charge in [0.25, 0.3) is 0 Å². The lowest BCUT2D eigenvalue weighted by molar-refractivity contribution is 0.165. The van der Waals surface area contributed by atoms with Gasteiger partial charge < -0.3 is 14.7 Å². The van der Waals surface area contributed by atoms with E-state index in [4.69, 9.17) is 9.72 Å². The Morgan fingerprint density at radius 2 is 1.89 bits per heavy atom. The van der Waals surface area contributed by atoms with Gasteiger partial charge in [0.05, 0.1) is 37.6 Å². The number of hydrogen-bond acceptors (Lipinski definition) is 5. The van der Waals surface area contributed by atoms with E-state index in [1.54, 1.807) is 7.11 Å². The summed E-state index contributed by atoms with van der Waals surface area (Å²) in [5.41, 5.74) is 3.43. The van der Waals surface area contributed by atoms with Gasteiger partial charge in [0, 0.05) is 13.1 Å². The van der Waals surface area contributed by atoms with E-state index in [1.165, 1.54) is 5.56 Å². The quantitative estimate of drug-likeness (QED) is 0.727. The average molecular weight is 366 g/mol. The molecule has 0 bridgehead atoms. The van der Waals surface area contributed by atoms with E-state index in [9.17, 15) is 5.11 Å². The summed E-state index contributed by atoms with van der Waals surface area (Å²) >= 11 is 0. The van der Waals surface area contributed by atoms with Crippen LogP contribution in [0.3, 0.4) is 0 Å². The van der Waals surface area contributed by atoms with Crippen LogP contribution in [0.5, 0.6) is 5.75 Å². The van der Waals surface area contributed by atoms with E-state index in [0.29, 0.717) is 6.54 Å². The zero-order valence-corrected chi connectivity index (χ0v) is 15.9. The average Bonchev–Trinajstić information content (AvgIpc) is 3.05. The fourth-order valence-corrected chi connectivity index (χ4v) is 3.67. The number of ether oxygens (including phenoxy) is 1. The molecular weight excluding hydrogens is 340 g/mol. The Labute approximate surface area is 159 Å². The molecule has 1 aliphatic rings. The molecule has 6 nitrogen and oxygen atoms in total. The smallest absolute Gasteiger partial charge is 0.208 e. The lowest BCUT2D eigenvalue weighted by Gasteiger charge is -2.37. The second kappa shape index (κ2) is 7.58. The molecule has 0 fully saturated rings. The SMILES string of the molecule is COc1ccc(CCN2CN(CC(C)O)c3nc4ccccc4n3C2)cc1. The fourth-order valence-electron chi connectivity index (χ4n) is 3.67. The Balaban J connectivity index is 1.54. The van der Waals surface area contributed by atoms with Crippen molar-refractivity contribution >= 4 is 17.0 Å². The number of methoxy groups -OCH3 is 1. The first kappa shape index (κ1) is 17.8. The van der Waals surface area contributed by atoms with Gasteiger partial charge in [0.2, 0.25) is 5.95 Å². The van der Waals surface area contributed by atoms with Crippen molar-refractivity contribution in [3.05, 3.63) is 54.1 Å². The molecule has 4 rings (SSSR count). The number of aliphatic hydroxyl groups is 1. The van der Waals surface area contributed by atoms with Crippen molar-refractivity contribution in [3.8, 4) is 5.75 Å². The lowest BCUT2D eigenvalue weighted by atomic mass is 10.1. The van der Waals surface area contributed by atoms with Gasteiger partial charge in [-0.2, -0.15) is 0 Å². The third kappa shape index (κ3) is 3.77. The number of fused-ring (bicyclic) bond motifs is 3. The van der Waals surface area contributed by atoms with Crippen LogP contribution in [0.2, 0.25) is 0 Å². The molecule has 2 heterocycles. The largest absolute Gasteiger partial charge is 0.497 e. The van der Waals surface area contributed by atoms with Crippen LogP contribution < -0.4 is 9.64 Å². The summed E-state index contributed by atoms with van der Waals surface area (Å²) in [6.45, 7) is 4.91. The molecule has 1 atom stereocenters. The molecule has 1 N–H and O–H groups in total. The van der Waals surface area contributed by atoms with Crippen LogP contribution in [0.1, 0.15) is 12.5 Å². The minimum atomic E-state index is -0.403. The Hall–Kier alpha value is -2.57. The summed E-state index contributed by atoms with van der Waals surface area (Å²) in [6.07, 6.45) is 0.564. The number of hydrogen-bond donors (Lipinski definition) is 1. The van der Waals surface area contributed by atoms with Gasteiger partial charge in [0.1, 0.15) is 5.75 Å². The van der Waals surface area contributed by atoms with E-state index in [2.05, 4.69) is 32.6 Å². The van der Waals surface area contributed by atoms with Crippen LogP contribution in [0, 0.1) is 0 Å². The van der Waals surface area contributed by atoms with Crippen molar-refractivity contribution in [1.82, 2.24) is 14.5 Å². The third-order valence-corrected chi connectivity index (χ3v) is 4.99. The molecule has 0 amide bonds. The minimum absolute atomic E-state index is 0.403. The predicted molar refractivity (Wildman–Crippen MR) is 107 cm³/mol. The number of anilines is 1. The molecular formula is C21H26N4O2. The van der Waals surface area contributed by atoms with E-state index in [0.717, 1.165) is 49.0 Å². The maximum absolute atomic E-state index is 9.94. The molecule has 1 unspecified atom stereocenters. The van der Waals surface area contributed by atoms with Crippen LogP contribution >= 0.6 is 0 Å². The maximum atomic E-state index is 9.94. The number of aromatic nitrogens is 2. The highest BCUT2D eigenvalue weighted by atomic mass is 16.5. The molecule has 0 saturated carbocycles. The van der Waals surface area contributed by atoms with Gasteiger partial charge in [-0.15, -0.1) is 0 Å². The standard InChI is InChI=1S/C21H26N4O2/c1-16(26)13-24-14-23(12-11-17-7-9-18(27-2)10-8-17)15-25-20-6-4-3-5-19(20)22-21(24)25/h3-10,16,26H,11-15H2,1-2H3. The zero-order valence-electron chi connectivity index (χ0n) is 15.9. The number of benzene rings is 2. The molecule has 6 heteroatoms. The molecule has 0 aliphatic carbocycles. The molecule has 0 radical (unpaired) electrons. The molecule has 27 heavy (non-hydrogen) atoms. The highest BCUT2D eigenvalue weighted by molar-refractivity contribution is 5.79. The number of para-hydroxylation sites is 2. The predicted octanol–water partition coefficient (Wildman–Crippen LogP) is 2.71. The van der Waals surface area contributed by atoms with Crippen LogP contribution in [-0.4, -0.2) is 52.5 Å². The highest BCUT2D eigenvalue weighted by Gasteiger charge is 2.26. The topological polar surface area (TPSA) is 53.8 Å². The maximum Gasteiger partial charge on any atom is 0.208 e. The Morgan fingerprint density at radius 3 is 2.63 bits per heavy atom. The summed E-state index contributed by atoms with van der Waals surface area (Å²) < 4.78 is 7.48. The van der Waals surface area contributed by atoms with Crippen LogP contribution in [0.15, 0.2) is 48.5 Å². The van der Waals surface area contributed by atoms with Crippen molar-refractivity contribution in [2.75, 3.05) is 31.8 Å². The molecule has 2 aromatic carbocycles. The third-order valence-electron chi connectivity index (χ3n) is 4.99. The van der Waals surface area contributed by atoms with E-state index >= 15 is 0 Å². The monoisotopic (exact) mass is 366 g/mol. The lowest BCUT2D eigenvalue weighted by Crippen LogP contribution is -2.48. The summed E-state index contributed by atoms with van der Waals surface area (Å²) in [4.78, 5) is 9.36. The number of β-amino-alcohol motifs (C(OH)–C–C–N with tert-alkyl or cyclic N) is 1. The number of aliphatic hydroxyl groups excluding tert-OH is 1. The van der Waals surface area contributed by atoms with Crippen molar-refractivity contribution in [1.29, 1.82) is 0 Å². The number of rotatable bonds is 6. The van der Waals surface area contributed by atoms with Gasteiger partial charge in [0.15, 0.2) is 0 Å². The molecule has 1 aromatic heterocycles. The second-order valence-corrected chi connectivity index (χ2v) is 7.18. The van der Waals surface area contributed by atoms with E-state index in [-0.39, 0.29) is 0 Å². The minimum Gasteiger partial charge on any atom is -0.497 e. The number of nitrogens with zero attached hydrogens (tertiary/aromatic N) is 4. The van der Waals surface area contributed by atoms with Crippen molar-refractivity contribution in [2.45, 2.75) is 26.1 Å². The molecule has 1 aliphatic heterocycles. The van der Waals surface area contributed by atoms with Crippen LogP contribution in [0.4, 0.5) is 5.95 Å². The summed E-state index contributed by atoms with van der Waals surface area (Å²) in [5, 5.41) is 9.94. The molecule has 3 aromatic rings. The fraction of sp³-hybridized carbons (Fsp3) is 0.381. The van der Waals surface area contributed by atoms with Gasteiger partial charge in [-0.25, -0.2) is 4.98 Å². The Bertz CT molecular complexity index is 904. The molecule has 0 spiro atoms. The van der Waals surface area contributed by atoms with Gasteiger partial charge in [-0.3, -0.25) is 9.47 Å². The van der Waals surface area contributed by atoms with Gasteiger partial charge in [-0.05, 0) is 43.2 Å². The number of imidazole rings is 1. The second-order valence-electron chi connectivity index (χ2n) is 7.18. The highest BCUT2D eigenvalue weighted by Crippen LogP contribution is 2.27. The first-order chi connectivity index (χ1) is 13.1. The van der Waals surface area contributed by atoms with E-state index in [1.807, 2.05) is 37.3 Å². The van der Waals surface area contributed by atoms with Crippen LogP contribution in [0.25, 0.3) is 11.0 Å². The first-order valence-corrected chi connectivity index (χ1v) is 9.37. The van der Waals surface area contributed by atoms with E-state index < -0.39 is 6.10 Å². The molecule has 0 saturated heterocycles. The van der Waals surface area contributed by atoms with Crippen molar-refractivity contribution < 1.29 is 9.84 Å². The Kier molecular flexibility index (Phi) is 5.01. The van der Waals surface area contributed by atoms with Crippen LogP contribution in [-0.2, 0) is 13.1 Å². The summed E-state index contributed by atoms with van der Waals surface area (Å²) in [7, 11) is 1.69. The molecule has 142 valence electrons. The first-order valence-electron chi connectivity index (χ1n) is 9.37. The van der Waals surface area contributed by atoms with Gasteiger partial charge >= 0.3 is 0 Å². The van der Waals surface area contributed by atoms with Gasteiger partial charge in [-0.1, -0.05) is 24.3 Å². The van der Waals surface area contributed by atoms with Crippen molar-refractivity contribution in [3.63, 3.8) is 0 Å². The zero-order chi connectivity index (χ0) is 18.8.